The van der Waals surface area contributed by atoms with E-state index in [9.17, 15) is 0 Å². The largest absolute Gasteiger partial charge is 0.368 e. The molecular formula is C12H19N5. The molecule has 0 bridgehead atoms. The number of nitrogens with two attached hydrogens (primary N) is 1. The maximum atomic E-state index is 5.81. The van der Waals surface area contributed by atoms with E-state index in [-0.39, 0.29) is 0 Å². The minimum Gasteiger partial charge on any atom is -0.368 e. The van der Waals surface area contributed by atoms with E-state index >= 15 is 0 Å². The van der Waals surface area contributed by atoms with Gasteiger partial charge in [-0.25, -0.2) is 4.98 Å². The predicted molar refractivity (Wildman–Crippen MR) is 68.2 cm³/mol. The summed E-state index contributed by atoms with van der Waals surface area (Å²) in [7, 11) is 2.16. The van der Waals surface area contributed by atoms with Gasteiger partial charge in [0.1, 0.15) is 5.82 Å². The number of aryl methyl sites for hydroxylation is 1. The molecule has 0 unspecified atom stereocenters. The number of nitrogen functional groups attached to an aromatic ring is 1. The highest BCUT2D eigenvalue weighted by Gasteiger charge is 2.24. The summed E-state index contributed by atoms with van der Waals surface area (Å²) in [6.45, 7) is 4.27. The van der Waals surface area contributed by atoms with Crippen LogP contribution >= 0.6 is 0 Å². The summed E-state index contributed by atoms with van der Waals surface area (Å²) in [5, 5.41) is 0. The Labute approximate surface area is 102 Å². The van der Waals surface area contributed by atoms with Crippen molar-refractivity contribution in [3.05, 3.63) is 11.3 Å². The fraction of sp³-hybridized carbons (Fsp3) is 0.667. The second-order valence-electron chi connectivity index (χ2n) is 4.97. The molecule has 1 fully saturated rings. The fourth-order valence-electron chi connectivity index (χ4n) is 2.71. The first-order valence-electron chi connectivity index (χ1n) is 6.33. The number of nitrogens with zero attached hydrogens (tertiary/aromatic N) is 4. The normalized spacial score (nSPS) is 20.6. The van der Waals surface area contributed by atoms with E-state index < -0.39 is 0 Å². The zero-order chi connectivity index (χ0) is 11.8. The van der Waals surface area contributed by atoms with Crippen LogP contribution in [0, 0.1) is 0 Å². The third kappa shape index (κ3) is 1.95. The van der Waals surface area contributed by atoms with Crippen molar-refractivity contribution in [1.82, 2.24) is 14.9 Å². The van der Waals surface area contributed by atoms with Crippen LogP contribution in [-0.4, -0.2) is 48.1 Å². The Bertz CT molecular complexity index is 423. The summed E-state index contributed by atoms with van der Waals surface area (Å²) < 4.78 is 0. The van der Waals surface area contributed by atoms with Crippen molar-refractivity contribution < 1.29 is 0 Å². The number of hydrogen-bond acceptors (Lipinski definition) is 5. The van der Waals surface area contributed by atoms with Gasteiger partial charge in [-0.15, -0.1) is 0 Å². The van der Waals surface area contributed by atoms with Crippen LogP contribution in [0.4, 0.5) is 11.8 Å². The SMILES string of the molecule is CN1CCN(c2nc(N)nc3c2CCC3)CC1. The second-order valence-corrected chi connectivity index (χ2v) is 4.97. The van der Waals surface area contributed by atoms with E-state index in [1.807, 2.05) is 0 Å². The molecule has 0 radical (unpaired) electrons. The monoisotopic (exact) mass is 233 g/mol. The standard InChI is InChI=1S/C12H19N5/c1-16-5-7-17(8-6-16)11-9-3-2-4-10(9)14-12(13)15-11/h2-8H2,1H3,(H2,13,14,15). The van der Waals surface area contributed by atoms with Gasteiger partial charge in [0.2, 0.25) is 5.95 Å². The maximum absolute atomic E-state index is 5.81. The van der Waals surface area contributed by atoms with Gasteiger partial charge in [-0.1, -0.05) is 0 Å². The number of rotatable bonds is 1. The molecular weight excluding hydrogens is 214 g/mol. The number of anilines is 2. The molecule has 1 aromatic rings. The lowest BCUT2D eigenvalue weighted by molar-refractivity contribution is 0.312. The summed E-state index contributed by atoms with van der Waals surface area (Å²) in [6.07, 6.45) is 3.36. The predicted octanol–water partition coefficient (Wildman–Crippen LogP) is 0.299. The van der Waals surface area contributed by atoms with Crippen LogP contribution in [0.1, 0.15) is 17.7 Å². The molecule has 1 aliphatic carbocycles. The van der Waals surface area contributed by atoms with Crippen molar-refractivity contribution in [2.24, 2.45) is 0 Å². The van der Waals surface area contributed by atoms with Crippen LogP contribution in [0.2, 0.25) is 0 Å². The average Bonchev–Trinajstić information content (AvgIpc) is 2.77. The number of fused-ring (bicyclic) bond motifs is 1. The molecule has 5 nitrogen and oxygen atoms in total. The highest BCUT2D eigenvalue weighted by molar-refractivity contribution is 5.53. The summed E-state index contributed by atoms with van der Waals surface area (Å²) >= 11 is 0. The van der Waals surface area contributed by atoms with Crippen molar-refractivity contribution in [1.29, 1.82) is 0 Å². The maximum Gasteiger partial charge on any atom is 0.222 e. The Hall–Kier alpha value is -1.36. The van der Waals surface area contributed by atoms with Crippen molar-refractivity contribution in [3.8, 4) is 0 Å². The van der Waals surface area contributed by atoms with Crippen molar-refractivity contribution in [2.75, 3.05) is 43.9 Å². The lowest BCUT2D eigenvalue weighted by Crippen LogP contribution is -2.45. The molecule has 0 atom stereocenters. The zero-order valence-corrected chi connectivity index (χ0v) is 10.3. The molecule has 17 heavy (non-hydrogen) atoms. The van der Waals surface area contributed by atoms with Gasteiger partial charge in [0, 0.05) is 31.7 Å². The van der Waals surface area contributed by atoms with Gasteiger partial charge in [-0.05, 0) is 26.3 Å². The first-order chi connectivity index (χ1) is 8.24. The summed E-state index contributed by atoms with van der Waals surface area (Å²) in [5.41, 5.74) is 8.32. The average molecular weight is 233 g/mol. The second kappa shape index (κ2) is 4.14. The molecule has 0 amide bonds. The molecule has 2 aliphatic rings. The van der Waals surface area contributed by atoms with E-state index in [2.05, 4.69) is 26.8 Å². The van der Waals surface area contributed by atoms with E-state index in [1.54, 1.807) is 0 Å². The van der Waals surface area contributed by atoms with Gasteiger partial charge >= 0.3 is 0 Å². The number of aromatic nitrogens is 2. The minimum atomic E-state index is 0.430. The molecule has 2 N–H and O–H groups in total. The van der Waals surface area contributed by atoms with E-state index in [4.69, 9.17) is 5.73 Å². The molecule has 2 heterocycles. The Balaban J connectivity index is 1.92. The first kappa shape index (κ1) is 10.8. The van der Waals surface area contributed by atoms with Gasteiger partial charge < -0.3 is 15.5 Å². The number of likely N-dealkylation sites (N-methyl/N-ethyl adjacent to an activating group) is 1. The van der Waals surface area contributed by atoms with Crippen molar-refractivity contribution in [3.63, 3.8) is 0 Å². The number of hydrogen-bond donors (Lipinski definition) is 1. The van der Waals surface area contributed by atoms with Gasteiger partial charge in [-0.2, -0.15) is 4.98 Å². The van der Waals surface area contributed by atoms with Gasteiger partial charge in [0.25, 0.3) is 0 Å². The summed E-state index contributed by atoms with van der Waals surface area (Å²) in [6, 6.07) is 0. The fourth-order valence-corrected chi connectivity index (χ4v) is 2.71. The smallest absolute Gasteiger partial charge is 0.222 e. The zero-order valence-electron chi connectivity index (χ0n) is 10.3. The van der Waals surface area contributed by atoms with Gasteiger partial charge in [-0.3, -0.25) is 0 Å². The van der Waals surface area contributed by atoms with E-state index in [0.717, 1.165) is 44.8 Å². The Morgan fingerprint density at radius 2 is 1.82 bits per heavy atom. The lowest BCUT2D eigenvalue weighted by atomic mass is 10.2. The molecule has 1 aliphatic heterocycles. The number of piperazine rings is 1. The molecule has 92 valence electrons. The van der Waals surface area contributed by atoms with Crippen LogP contribution in [0.15, 0.2) is 0 Å². The Morgan fingerprint density at radius 3 is 2.59 bits per heavy atom. The van der Waals surface area contributed by atoms with Crippen LogP contribution in [-0.2, 0) is 12.8 Å². The highest BCUT2D eigenvalue weighted by Crippen LogP contribution is 2.29. The van der Waals surface area contributed by atoms with Crippen molar-refractivity contribution in [2.45, 2.75) is 19.3 Å². The summed E-state index contributed by atoms with van der Waals surface area (Å²) in [5.74, 6) is 1.53. The molecule has 0 spiro atoms. The molecule has 3 rings (SSSR count). The molecule has 1 saturated heterocycles. The van der Waals surface area contributed by atoms with E-state index in [1.165, 1.54) is 17.7 Å². The Kier molecular flexibility index (Phi) is 2.63. The molecule has 5 heteroatoms. The molecule has 0 saturated carbocycles. The molecule has 1 aromatic heterocycles. The van der Waals surface area contributed by atoms with Crippen LogP contribution in [0.3, 0.4) is 0 Å². The van der Waals surface area contributed by atoms with Crippen LogP contribution in [0.5, 0.6) is 0 Å². The van der Waals surface area contributed by atoms with E-state index in [0.29, 0.717) is 5.95 Å². The van der Waals surface area contributed by atoms with Crippen molar-refractivity contribution >= 4 is 11.8 Å². The third-order valence-corrected chi connectivity index (χ3v) is 3.73. The quantitative estimate of drug-likeness (QED) is 0.756. The van der Waals surface area contributed by atoms with Gasteiger partial charge in [0.05, 0.1) is 5.69 Å². The lowest BCUT2D eigenvalue weighted by Gasteiger charge is -2.34. The summed E-state index contributed by atoms with van der Waals surface area (Å²) in [4.78, 5) is 13.5. The Morgan fingerprint density at radius 1 is 1.06 bits per heavy atom. The van der Waals surface area contributed by atoms with Gasteiger partial charge in [0.15, 0.2) is 0 Å². The highest BCUT2D eigenvalue weighted by atomic mass is 15.3. The topological polar surface area (TPSA) is 58.3 Å². The first-order valence-corrected chi connectivity index (χ1v) is 6.33. The van der Waals surface area contributed by atoms with Crippen LogP contribution < -0.4 is 10.6 Å². The van der Waals surface area contributed by atoms with Crippen LogP contribution in [0.25, 0.3) is 0 Å². The third-order valence-electron chi connectivity index (χ3n) is 3.73. The minimum absolute atomic E-state index is 0.430. The molecule has 0 aromatic carbocycles.